The number of rotatable bonds is 1. The highest BCUT2D eigenvalue weighted by molar-refractivity contribution is 6.74. The molecule has 66 valence electrons. The summed E-state index contributed by atoms with van der Waals surface area (Å²) in [5.41, 5.74) is -0.793. The summed E-state index contributed by atoms with van der Waals surface area (Å²) in [7, 11) is 0. The number of aryl methyl sites for hydroxylation is 1. The third-order valence-corrected chi connectivity index (χ3v) is 1.58. The predicted octanol–water partition coefficient (Wildman–Crippen LogP) is 2.19. The lowest BCUT2D eigenvalue weighted by Crippen LogP contribution is -2.36. The smallest absolute Gasteiger partial charge is 0.445 e. The molecule has 0 unspecified atom stereocenters. The average Bonchev–Trinajstić information content (AvgIpc) is 1.83. The first kappa shape index (κ1) is 9.10. The van der Waals surface area contributed by atoms with Crippen LogP contribution in [0.2, 0.25) is 0 Å². The van der Waals surface area contributed by atoms with E-state index < -0.39 is 18.3 Å². The van der Waals surface area contributed by atoms with Gasteiger partial charge in [0.25, 0.3) is 0 Å². The van der Waals surface area contributed by atoms with Crippen LogP contribution in [-0.4, -0.2) is 6.98 Å². The van der Waals surface area contributed by atoms with Crippen molar-refractivity contribution in [2.24, 2.45) is 0 Å². The van der Waals surface area contributed by atoms with Crippen LogP contribution in [0.3, 0.4) is 0 Å². The molecule has 0 fully saturated rings. The zero-order valence-corrected chi connectivity index (χ0v) is 6.32. The number of hydrogen-bond donors (Lipinski definition) is 0. The van der Waals surface area contributed by atoms with E-state index >= 15 is 0 Å². The number of hydrogen-bond acceptors (Lipinski definition) is 0. The van der Waals surface area contributed by atoms with Gasteiger partial charge in [0.05, 0.1) is 0 Å². The Kier molecular flexibility index (Phi) is 2.13. The second-order valence-electron chi connectivity index (χ2n) is 2.58. The molecule has 0 bridgehead atoms. The normalized spacial score (nSPS) is 11.8. The van der Waals surface area contributed by atoms with E-state index in [0.717, 1.165) is 18.2 Å². The van der Waals surface area contributed by atoms with Crippen molar-refractivity contribution in [3.63, 3.8) is 0 Å². The molecule has 0 aliphatic heterocycles. The van der Waals surface area contributed by atoms with Crippen molar-refractivity contribution in [2.75, 3.05) is 0 Å². The van der Waals surface area contributed by atoms with Gasteiger partial charge < -0.3 is 12.9 Å². The van der Waals surface area contributed by atoms with Crippen LogP contribution in [0, 0.1) is 12.7 Å². The molecule has 0 heterocycles. The summed E-state index contributed by atoms with van der Waals surface area (Å²) >= 11 is 0. The molecule has 1 rings (SSSR count). The number of benzene rings is 1. The van der Waals surface area contributed by atoms with E-state index in [1.807, 2.05) is 0 Å². The third kappa shape index (κ3) is 1.78. The standard InChI is InChI=1S/C7H6BF4/c1-5-4-6(9)2-3-7(5)8(10,11)12/h2-4H,1H3/q-1. The fourth-order valence-electron chi connectivity index (χ4n) is 1.01. The van der Waals surface area contributed by atoms with Crippen molar-refractivity contribution < 1.29 is 17.3 Å². The van der Waals surface area contributed by atoms with Gasteiger partial charge in [-0.05, 0) is 19.1 Å². The Balaban J connectivity index is 3.19. The van der Waals surface area contributed by atoms with Gasteiger partial charge in [-0.25, -0.2) is 4.39 Å². The quantitative estimate of drug-likeness (QED) is 0.455. The highest BCUT2D eigenvalue weighted by atomic mass is 19.4. The minimum Gasteiger partial charge on any atom is -0.445 e. The molecule has 5 heteroatoms. The molecule has 0 aromatic heterocycles. The molecule has 0 aliphatic carbocycles. The van der Waals surface area contributed by atoms with E-state index in [0.29, 0.717) is 0 Å². The lowest BCUT2D eigenvalue weighted by molar-refractivity contribution is 0.500. The van der Waals surface area contributed by atoms with Crippen molar-refractivity contribution in [2.45, 2.75) is 6.92 Å². The van der Waals surface area contributed by atoms with Crippen LogP contribution in [0.4, 0.5) is 17.3 Å². The molecule has 0 radical (unpaired) electrons. The largest absolute Gasteiger partial charge is 0.509 e. The van der Waals surface area contributed by atoms with E-state index in [4.69, 9.17) is 0 Å². The summed E-state index contributed by atoms with van der Waals surface area (Å²) in [6, 6.07) is 2.47. The second kappa shape index (κ2) is 2.81. The molecule has 0 atom stereocenters. The van der Waals surface area contributed by atoms with Crippen molar-refractivity contribution in [3.05, 3.63) is 29.6 Å². The van der Waals surface area contributed by atoms with Crippen molar-refractivity contribution in [1.82, 2.24) is 0 Å². The Labute approximate surface area is 67.3 Å². The molecule has 0 amide bonds. The molecule has 0 saturated heterocycles. The van der Waals surface area contributed by atoms with Crippen molar-refractivity contribution in [3.8, 4) is 0 Å². The molecule has 12 heavy (non-hydrogen) atoms. The molecule has 0 saturated carbocycles. The summed E-state index contributed by atoms with van der Waals surface area (Å²) in [6.07, 6.45) is 0. The molecule has 0 spiro atoms. The molecule has 0 aliphatic rings. The van der Waals surface area contributed by atoms with E-state index in [1.165, 1.54) is 6.92 Å². The monoisotopic (exact) mass is 177 g/mol. The van der Waals surface area contributed by atoms with Crippen LogP contribution in [0.25, 0.3) is 0 Å². The average molecular weight is 177 g/mol. The van der Waals surface area contributed by atoms with Gasteiger partial charge in [0.2, 0.25) is 0 Å². The number of halogens is 4. The van der Waals surface area contributed by atoms with E-state index in [1.54, 1.807) is 0 Å². The Hall–Kier alpha value is -0.995. The van der Waals surface area contributed by atoms with Crippen LogP contribution in [-0.2, 0) is 0 Å². The van der Waals surface area contributed by atoms with Gasteiger partial charge in [-0.3, -0.25) is 0 Å². The summed E-state index contributed by atoms with van der Waals surface area (Å²) in [4.78, 5) is 0. The van der Waals surface area contributed by atoms with E-state index in [-0.39, 0.29) is 5.56 Å². The zero-order valence-electron chi connectivity index (χ0n) is 6.32. The Morgan fingerprint density at radius 1 is 1.17 bits per heavy atom. The van der Waals surface area contributed by atoms with Gasteiger partial charge in [0.1, 0.15) is 5.82 Å². The van der Waals surface area contributed by atoms with Crippen LogP contribution < -0.4 is 5.46 Å². The molecular weight excluding hydrogens is 171 g/mol. The van der Waals surface area contributed by atoms with Gasteiger partial charge in [0, 0.05) is 0 Å². The van der Waals surface area contributed by atoms with Gasteiger partial charge in [-0.2, -0.15) is 0 Å². The first-order valence-corrected chi connectivity index (χ1v) is 3.37. The van der Waals surface area contributed by atoms with Crippen molar-refractivity contribution in [1.29, 1.82) is 0 Å². The van der Waals surface area contributed by atoms with E-state index in [2.05, 4.69) is 0 Å². The summed E-state index contributed by atoms with van der Waals surface area (Å²) < 4.78 is 48.7. The molecule has 0 N–H and O–H groups in total. The van der Waals surface area contributed by atoms with Gasteiger partial charge in [-0.1, -0.05) is 11.6 Å². The minimum absolute atomic E-state index is 0.0671. The predicted molar refractivity (Wildman–Crippen MR) is 39.8 cm³/mol. The van der Waals surface area contributed by atoms with E-state index in [9.17, 15) is 17.3 Å². The topological polar surface area (TPSA) is 0 Å². The molecular formula is C7H6BF4-. The third-order valence-electron chi connectivity index (χ3n) is 1.58. The zero-order chi connectivity index (χ0) is 9.35. The fraction of sp³-hybridized carbons (Fsp3) is 0.143. The first-order chi connectivity index (χ1) is 5.41. The maximum atomic E-state index is 12.4. The highest BCUT2D eigenvalue weighted by Crippen LogP contribution is 2.12. The van der Waals surface area contributed by atoms with Crippen LogP contribution >= 0.6 is 0 Å². The second-order valence-corrected chi connectivity index (χ2v) is 2.58. The minimum atomic E-state index is -5.01. The lowest BCUT2D eigenvalue weighted by atomic mass is 9.77. The summed E-state index contributed by atoms with van der Waals surface area (Å²) in [5, 5.41) is 0. The Morgan fingerprint density at radius 3 is 2.17 bits per heavy atom. The van der Waals surface area contributed by atoms with Crippen LogP contribution in [0.5, 0.6) is 0 Å². The molecule has 1 aromatic rings. The first-order valence-electron chi connectivity index (χ1n) is 3.37. The Morgan fingerprint density at radius 2 is 1.75 bits per heavy atom. The highest BCUT2D eigenvalue weighted by Gasteiger charge is 2.26. The van der Waals surface area contributed by atoms with Crippen LogP contribution in [0.15, 0.2) is 18.2 Å². The fourth-order valence-corrected chi connectivity index (χ4v) is 1.01. The molecule has 1 aromatic carbocycles. The van der Waals surface area contributed by atoms with Gasteiger partial charge in [-0.15, -0.1) is 5.46 Å². The maximum Gasteiger partial charge on any atom is 0.509 e. The summed E-state index contributed by atoms with van der Waals surface area (Å²) in [5.74, 6) is -0.642. The van der Waals surface area contributed by atoms with Gasteiger partial charge in [0.15, 0.2) is 0 Å². The summed E-state index contributed by atoms with van der Waals surface area (Å²) in [6.45, 7) is -3.77. The lowest BCUT2D eigenvalue weighted by Gasteiger charge is -2.17. The van der Waals surface area contributed by atoms with Gasteiger partial charge >= 0.3 is 6.98 Å². The van der Waals surface area contributed by atoms with Crippen LogP contribution in [0.1, 0.15) is 5.56 Å². The molecule has 0 nitrogen and oxygen atoms in total. The van der Waals surface area contributed by atoms with Crippen molar-refractivity contribution >= 4 is 12.4 Å². The maximum absolute atomic E-state index is 12.4. The Bertz CT molecular complexity index is 292. The SMILES string of the molecule is Cc1cc(F)ccc1[B-](F)(F)F.